The summed E-state index contributed by atoms with van der Waals surface area (Å²) in [6.07, 6.45) is 0. The third kappa shape index (κ3) is 5.72. The molecule has 3 nitrogen and oxygen atoms in total. The van der Waals surface area contributed by atoms with E-state index in [0.29, 0.717) is 17.5 Å². The maximum atomic E-state index is 5.33. The SMILES string of the molecule is c1ccc(-c2cc(-c3ccccc3)cc(-c3nc(-c4ccccc4)nc(-c4ccc5c(c4)[Si](c4ccccc4)(c4ccccc4)c4ccccc4-5)n3)c2)cc1. The number of benzene rings is 8. The summed E-state index contributed by atoms with van der Waals surface area (Å²) in [5.74, 6) is 1.93. The van der Waals surface area contributed by atoms with Crippen LogP contribution in [0.1, 0.15) is 0 Å². The van der Waals surface area contributed by atoms with Gasteiger partial charge in [0.05, 0.1) is 0 Å². The van der Waals surface area contributed by atoms with Crippen LogP contribution in [0.2, 0.25) is 0 Å². The molecule has 0 spiro atoms. The Bertz CT molecular complexity index is 2690. The topological polar surface area (TPSA) is 38.7 Å². The van der Waals surface area contributed by atoms with Gasteiger partial charge in [-0.05, 0) is 72.3 Å². The highest BCUT2D eigenvalue weighted by molar-refractivity contribution is 7.22. The molecular formula is C51H35N3Si. The number of aromatic nitrogens is 3. The molecule has 55 heavy (non-hydrogen) atoms. The van der Waals surface area contributed by atoms with E-state index in [4.69, 9.17) is 15.0 Å². The monoisotopic (exact) mass is 717 g/mol. The van der Waals surface area contributed by atoms with Crippen LogP contribution in [0, 0.1) is 0 Å². The van der Waals surface area contributed by atoms with Gasteiger partial charge in [0.2, 0.25) is 0 Å². The Morgan fingerprint density at radius 2 is 0.655 bits per heavy atom. The molecule has 0 atom stereocenters. The molecule has 1 aromatic heterocycles. The Hall–Kier alpha value is -7.01. The summed E-state index contributed by atoms with van der Waals surface area (Å²) in [5, 5.41) is 5.48. The number of hydrogen-bond acceptors (Lipinski definition) is 3. The molecule has 0 saturated carbocycles. The van der Waals surface area contributed by atoms with E-state index >= 15 is 0 Å². The molecule has 0 bridgehead atoms. The third-order valence-corrected chi connectivity index (χ3v) is 15.7. The van der Waals surface area contributed by atoms with Crippen LogP contribution in [0.25, 0.3) is 67.5 Å². The lowest BCUT2D eigenvalue weighted by Gasteiger charge is -2.31. The first-order valence-electron chi connectivity index (χ1n) is 18.7. The van der Waals surface area contributed by atoms with Gasteiger partial charge in [0.15, 0.2) is 25.5 Å². The molecule has 1 aliphatic rings. The molecule has 8 aromatic carbocycles. The van der Waals surface area contributed by atoms with Crippen molar-refractivity contribution in [3.05, 3.63) is 212 Å². The van der Waals surface area contributed by atoms with E-state index in [-0.39, 0.29) is 0 Å². The van der Waals surface area contributed by atoms with Gasteiger partial charge in [0.25, 0.3) is 0 Å². The molecular weight excluding hydrogens is 683 g/mol. The minimum absolute atomic E-state index is 0.636. The largest absolute Gasteiger partial charge is 0.208 e. The zero-order valence-corrected chi connectivity index (χ0v) is 31.0. The van der Waals surface area contributed by atoms with Gasteiger partial charge in [-0.1, -0.05) is 194 Å². The predicted octanol–water partition coefficient (Wildman–Crippen LogP) is 9.56. The van der Waals surface area contributed by atoms with Gasteiger partial charge >= 0.3 is 0 Å². The molecule has 9 aromatic rings. The van der Waals surface area contributed by atoms with Crippen molar-refractivity contribution in [2.75, 3.05) is 0 Å². The van der Waals surface area contributed by atoms with Gasteiger partial charge in [-0.3, -0.25) is 0 Å². The van der Waals surface area contributed by atoms with Crippen LogP contribution in [0.15, 0.2) is 212 Å². The summed E-state index contributed by atoms with van der Waals surface area (Å²) in [5.41, 5.74) is 9.93. The summed E-state index contributed by atoms with van der Waals surface area (Å²) in [7, 11) is -2.71. The lowest BCUT2D eigenvalue weighted by Crippen LogP contribution is -2.72. The Kier molecular flexibility index (Phi) is 8.16. The van der Waals surface area contributed by atoms with Gasteiger partial charge in [0.1, 0.15) is 0 Å². The Morgan fingerprint density at radius 1 is 0.255 bits per heavy atom. The highest BCUT2D eigenvalue weighted by Crippen LogP contribution is 2.35. The van der Waals surface area contributed by atoms with Crippen LogP contribution >= 0.6 is 0 Å². The average Bonchev–Trinajstić information content (AvgIpc) is 3.58. The molecule has 0 N–H and O–H groups in total. The fourth-order valence-electron chi connectivity index (χ4n) is 8.29. The summed E-state index contributed by atoms with van der Waals surface area (Å²) in [6.45, 7) is 0. The van der Waals surface area contributed by atoms with Crippen molar-refractivity contribution in [3.8, 4) is 67.5 Å². The zero-order chi connectivity index (χ0) is 36.6. The van der Waals surface area contributed by atoms with Crippen molar-refractivity contribution in [2.24, 2.45) is 0 Å². The molecule has 10 rings (SSSR count). The molecule has 258 valence electrons. The molecule has 0 radical (unpaired) electrons. The molecule has 0 amide bonds. The number of fused-ring (bicyclic) bond motifs is 3. The summed E-state index contributed by atoms with van der Waals surface area (Å²) >= 11 is 0. The minimum Gasteiger partial charge on any atom is -0.208 e. The molecule has 4 heteroatoms. The number of nitrogens with zero attached hydrogens (tertiary/aromatic N) is 3. The van der Waals surface area contributed by atoms with Crippen molar-refractivity contribution in [1.82, 2.24) is 15.0 Å². The molecule has 2 heterocycles. The van der Waals surface area contributed by atoms with Gasteiger partial charge in [-0.25, -0.2) is 15.0 Å². The standard InChI is InChI=1S/C51H35N3Si/c1-6-18-36(19-7-1)40-32-41(37-20-8-2-9-21-37)34-42(33-40)51-53-49(38-22-10-3-11-23-38)52-50(54-51)39-30-31-46-45-28-16-17-29-47(45)55(48(46)35-39,43-24-12-4-13-25-43)44-26-14-5-15-27-44/h1-35H. The Labute approximate surface area is 322 Å². The van der Waals surface area contributed by atoms with Crippen molar-refractivity contribution in [1.29, 1.82) is 0 Å². The Balaban J connectivity index is 1.22. The zero-order valence-electron chi connectivity index (χ0n) is 30.0. The van der Waals surface area contributed by atoms with E-state index in [9.17, 15) is 0 Å². The van der Waals surface area contributed by atoms with Crippen LogP contribution in [0.3, 0.4) is 0 Å². The molecule has 0 unspecified atom stereocenters. The lowest BCUT2D eigenvalue weighted by molar-refractivity contribution is 1.07. The van der Waals surface area contributed by atoms with Gasteiger partial charge in [0, 0.05) is 16.7 Å². The summed E-state index contributed by atoms with van der Waals surface area (Å²) in [4.78, 5) is 15.7. The van der Waals surface area contributed by atoms with Crippen LogP contribution in [0.5, 0.6) is 0 Å². The van der Waals surface area contributed by atoms with Crippen molar-refractivity contribution >= 4 is 28.8 Å². The molecule has 0 saturated heterocycles. The van der Waals surface area contributed by atoms with Gasteiger partial charge in [-0.15, -0.1) is 0 Å². The minimum atomic E-state index is -2.71. The predicted molar refractivity (Wildman–Crippen MR) is 230 cm³/mol. The molecule has 0 aliphatic carbocycles. The fourth-order valence-corrected chi connectivity index (χ4v) is 13.5. The van der Waals surface area contributed by atoms with Crippen LogP contribution < -0.4 is 20.7 Å². The second kappa shape index (κ2) is 13.8. The number of hydrogen-bond donors (Lipinski definition) is 0. The quantitative estimate of drug-likeness (QED) is 0.154. The molecule has 0 fully saturated rings. The number of rotatable bonds is 7. The second-order valence-electron chi connectivity index (χ2n) is 14.0. The molecule has 1 aliphatic heterocycles. The van der Waals surface area contributed by atoms with E-state index in [1.165, 1.54) is 31.9 Å². The lowest BCUT2D eigenvalue weighted by atomic mass is 9.96. The highest BCUT2D eigenvalue weighted by Gasteiger charge is 2.48. The average molecular weight is 718 g/mol. The second-order valence-corrected chi connectivity index (χ2v) is 17.7. The van der Waals surface area contributed by atoms with Crippen LogP contribution in [0.4, 0.5) is 0 Å². The van der Waals surface area contributed by atoms with E-state index in [0.717, 1.165) is 38.9 Å². The van der Waals surface area contributed by atoms with Gasteiger partial charge in [-0.2, -0.15) is 0 Å². The maximum Gasteiger partial charge on any atom is 0.180 e. The highest BCUT2D eigenvalue weighted by atomic mass is 28.3. The van der Waals surface area contributed by atoms with Crippen LogP contribution in [-0.4, -0.2) is 23.0 Å². The third-order valence-electron chi connectivity index (χ3n) is 10.8. The van der Waals surface area contributed by atoms with Crippen LogP contribution in [-0.2, 0) is 0 Å². The summed E-state index contributed by atoms with van der Waals surface area (Å²) < 4.78 is 0. The first-order chi connectivity index (χ1) is 27.3. The van der Waals surface area contributed by atoms with E-state index in [1.54, 1.807) is 0 Å². The fraction of sp³-hybridized carbons (Fsp3) is 0. The first-order valence-corrected chi connectivity index (χ1v) is 20.7. The van der Waals surface area contributed by atoms with Gasteiger partial charge < -0.3 is 0 Å². The van der Waals surface area contributed by atoms with E-state index in [2.05, 4.69) is 194 Å². The van der Waals surface area contributed by atoms with E-state index in [1.807, 2.05) is 18.2 Å². The Morgan fingerprint density at radius 3 is 1.20 bits per heavy atom. The summed E-state index contributed by atoms with van der Waals surface area (Å²) in [6, 6.07) is 76.0. The van der Waals surface area contributed by atoms with Crippen molar-refractivity contribution in [2.45, 2.75) is 0 Å². The smallest absolute Gasteiger partial charge is 0.180 e. The normalized spacial score (nSPS) is 12.5. The van der Waals surface area contributed by atoms with E-state index < -0.39 is 8.07 Å². The first kappa shape index (κ1) is 32.6. The van der Waals surface area contributed by atoms with Crippen molar-refractivity contribution < 1.29 is 0 Å². The maximum absolute atomic E-state index is 5.33. The van der Waals surface area contributed by atoms with Crippen molar-refractivity contribution in [3.63, 3.8) is 0 Å².